The summed E-state index contributed by atoms with van der Waals surface area (Å²) >= 11 is 5.85. The highest BCUT2D eigenvalue weighted by atomic mass is 35.5. The molecule has 0 aliphatic heterocycles. The number of hydrogen-bond acceptors (Lipinski definition) is 3. The molecule has 0 fully saturated rings. The predicted octanol–water partition coefficient (Wildman–Crippen LogP) is 3.52. The molecule has 3 rings (SSSR count). The Morgan fingerprint density at radius 2 is 1.88 bits per heavy atom. The molecule has 0 spiro atoms. The summed E-state index contributed by atoms with van der Waals surface area (Å²) in [7, 11) is 0. The van der Waals surface area contributed by atoms with Gasteiger partial charge in [-0.05, 0) is 42.8 Å². The van der Waals surface area contributed by atoms with E-state index >= 15 is 0 Å². The van der Waals surface area contributed by atoms with Crippen molar-refractivity contribution in [3.05, 3.63) is 80.4 Å². The van der Waals surface area contributed by atoms with Gasteiger partial charge in [0.05, 0.1) is 11.3 Å². The van der Waals surface area contributed by atoms with Crippen LogP contribution in [0.1, 0.15) is 27.2 Å². The molecule has 0 bridgehead atoms. The Labute approximate surface area is 142 Å². The van der Waals surface area contributed by atoms with Gasteiger partial charge in [-0.2, -0.15) is 0 Å². The minimum absolute atomic E-state index is 0.0373. The van der Waals surface area contributed by atoms with Crippen molar-refractivity contribution < 1.29 is 9.90 Å². The van der Waals surface area contributed by atoms with E-state index in [2.05, 4.69) is 4.98 Å². The molecule has 2 heterocycles. The van der Waals surface area contributed by atoms with E-state index in [4.69, 9.17) is 16.7 Å². The second kappa shape index (κ2) is 6.29. The Balaban J connectivity index is 2.07. The molecule has 0 radical (unpaired) electrons. The first kappa shape index (κ1) is 16.0. The van der Waals surface area contributed by atoms with Gasteiger partial charge < -0.3 is 5.11 Å². The Kier molecular flexibility index (Phi) is 4.18. The van der Waals surface area contributed by atoms with E-state index in [1.807, 2.05) is 18.2 Å². The first-order chi connectivity index (χ1) is 11.5. The highest BCUT2D eigenvalue weighted by molar-refractivity contribution is 6.30. The number of fused-ring (bicyclic) bond motifs is 1. The minimum atomic E-state index is -1.09. The number of carboxylic acids is 1. The number of aromatic carboxylic acids is 1. The van der Waals surface area contributed by atoms with Gasteiger partial charge in [-0.25, -0.2) is 9.78 Å². The van der Waals surface area contributed by atoms with Crippen molar-refractivity contribution in [2.75, 3.05) is 0 Å². The molecule has 0 unspecified atom stereocenters. The van der Waals surface area contributed by atoms with Gasteiger partial charge >= 0.3 is 5.97 Å². The SMILES string of the molecule is Cc1c(C=Cc2ccc(Cl)cc2)nc2ccc(C(=O)O)cn2c1=O. The Morgan fingerprint density at radius 1 is 1.17 bits per heavy atom. The number of pyridine rings is 1. The monoisotopic (exact) mass is 340 g/mol. The van der Waals surface area contributed by atoms with Crippen LogP contribution in [0.25, 0.3) is 17.8 Å². The van der Waals surface area contributed by atoms with Crippen LogP contribution in [0.3, 0.4) is 0 Å². The molecule has 1 N–H and O–H groups in total. The summed E-state index contributed by atoms with van der Waals surface area (Å²) in [5, 5.41) is 9.68. The standard InChI is InChI=1S/C18H13ClN2O3/c1-11-15(8-4-12-2-6-14(19)7-3-12)20-16-9-5-13(18(23)24)10-21(16)17(11)22/h2-10H,1H3,(H,23,24). The zero-order chi connectivity index (χ0) is 17.3. The number of carboxylic acid groups (broad SMARTS) is 1. The van der Waals surface area contributed by atoms with Crippen LogP contribution in [0.4, 0.5) is 0 Å². The van der Waals surface area contributed by atoms with Crippen LogP contribution in [0.5, 0.6) is 0 Å². The van der Waals surface area contributed by atoms with Gasteiger partial charge in [0.1, 0.15) is 5.65 Å². The van der Waals surface area contributed by atoms with E-state index in [0.29, 0.717) is 21.9 Å². The molecule has 0 saturated heterocycles. The first-order valence-corrected chi connectivity index (χ1v) is 7.53. The van der Waals surface area contributed by atoms with E-state index in [1.165, 1.54) is 22.7 Å². The maximum absolute atomic E-state index is 12.5. The van der Waals surface area contributed by atoms with Crippen molar-refractivity contribution in [3.63, 3.8) is 0 Å². The topological polar surface area (TPSA) is 71.7 Å². The quantitative estimate of drug-likeness (QED) is 0.791. The third kappa shape index (κ3) is 3.07. The summed E-state index contributed by atoms with van der Waals surface area (Å²) in [6, 6.07) is 10.2. The van der Waals surface area contributed by atoms with Crippen LogP contribution in [0, 0.1) is 6.92 Å². The average molecular weight is 341 g/mol. The lowest BCUT2D eigenvalue weighted by Gasteiger charge is -2.06. The van der Waals surface area contributed by atoms with Gasteiger partial charge in [0.25, 0.3) is 5.56 Å². The highest BCUT2D eigenvalue weighted by Gasteiger charge is 2.09. The van der Waals surface area contributed by atoms with Crippen molar-refractivity contribution in [2.24, 2.45) is 0 Å². The molecule has 3 aromatic rings. The fourth-order valence-electron chi connectivity index (χ4n) is 2.28. The van der Waals surface area contributed by atoms with Crippen molar-refractivity contribution in [3.8, 4) is 0 Å². The Bertz CT molecular complexity index is 1020. The normalized spacial score (nSPS) is 11.2. The third-order valence-corrected chi connectivity index (χ3v) is 3.89. The molecular formula is C18H13ClN2O3. The summed E-state index contributed by atoms with van der Waals surface area (Å²) in [6.07, 6.45) is 4.88. The van der Waals surface area contributed by atoms with Crippen molar-refractivity contribution >= 4 is 35.4 Å². The molecule has 120 valence electrons. The lowest BCUT2D eigenvalue weighted by Crippen LogP contribution is -2.20. The lowest BCUT2D eigenvalue weighted by atomic mass is 10.1. The average Bonchev–Trinajstić information content (AvgIpc) is 2.58. The number of nitrogens with zero attached hydrogens (tertiary/aromatic N) is 2. The summed E-state index contributed by atoms with van der Waals surface area (Å²) < 4.78 is 1.25. The second-order valence-electron chi connectivity index (χ2n) is 5.26. The van der Waals surface area contributed by atoms with Crippen LogP contribution in [0.15, 0.2) is 47.4 Å². The molecule has 5 nitrogen and oxygen atoms in total. The molecule has 0 atom stereocenters. The van der Waals surface area contributed by atoms with Gasteiger partial charge in [0, 0.05) is 16.8 Å². The molecule has 0 aliphatic rings. The van der Waals surface area contributed by atoms with Crippen molar-refractivity contribution in [1.29, 1.82) is 0 Å². The van der Waals surface area contributed by atoms with Gasteiger partial charge in [-0.3, -0.25) is 9.20 Å². The number of aromatic nitrogens is 2. The van der Waals surface area contributed by atoms with E-state index < -0.39 is 5.97 Å². The fraction of sp³-hybridized carbons (Fsp3) is 0.0556. The summed E-state index contributed by atoms with van der Waals surface area (Å²) in [5.74, 6) is -1.09. The zero-order valence-corrected chi connectivity index (χ0v) is 13.5. The molecule has 2 aromatic heterocycles. The largest absolute Gasteiger partial charge is 0.478 e. The zero-order valence-electron chi connectivity index (χ0n) is 12.7. The fourth-order valence-corrected chi connectivity index (χ4v) is 2.41. The third-order valence-electron chi connectivity index (χ3n) is 3.64. The molecule has 0 amide bonds. The van der Waals surface area contributed by atoms with Gasteiger partial charge in [0.15, 0.2) is 0 Å². The molecule has 0 aliphatic carbocycles. The van der Waals surface area contributed by atoms with E-state index in [1.54, 1.807) is 25.1 Å². The number of hydrogen-bond donors (Lipinski definition) is 1. The lowest BCUT2D eigenvalue weighted by molar-refractivity contribution is 0.0696. The number of benzene rings is 1. The van der Waals surface area contributed by atoms with E-state index in [-0.39, 0.29) is 11.1 Å². The molecule has 24 heavy (non-hydrogen) atoms. The van der Waals surface area contributed by atoms with E-state index in [9.17, 15) is 9.59 Å². The molecule has 0 saturated carbocycles. The van der Waals surface area contributed by atoms with Crippen molar-refractivity contribution in [1.82, 2.24) is 9.38 Å². The first-order valence-electron chi connectivity index (χ1n) is 7.15. The van der Waals surface area contributed by atoms with E-state index in [0.717, 1.165) is 5.56 Å². The van der Waals surface area contributed by atoms with Gasteiger partial charge in [-0.15, -0.1) is 0 Å². The highest BCUT2D eigenvalue weighted by Crippen LogP contribution is 2.13. The van der Waals surface area contributed by atoms with Crippen molar-refractivity contribution in [2.45, 2.75) is 6.92 Å². The Hall–Kier alpha value is -2.92. The minimum Gasteiger partial charge on any atom is -0.478 e. The van der Waals surface area contributed by atoms with Gasteiger partial charge in [0.2, 0.25) is 0 Å². The number of carbonyl (C=O) groups is 1. The smallest absolute Gasteiger partial charge is 0.337 e. The summed E-state index contributed by atoms with van der Waals surface area (Å²) in [5.41, 5.74) is 2.06. The maximum Gasteiger partial charge on any atom is 0.337 e. The van der Waals surface area contributed by atoms with Crippen LogP contribution in [-0.4, -0.2) is 20.5 Å². The number of rotatable bonds is 3. The van der Waals surface area contributed by atoms with Gasteiger partial charge in [-0.1, -0.05) is 29.8 Å². The van der Waals surface area contributed by atoms with Crippen LogP contribution in [0.2, 0.25) is 5.02 Å². The molecular weight excluding hydrogens is 328 g/mol. The summed E-state index contributed by atoms with van der Waals surface area (Å²) in [4.78, 5) is 27.9. The van der Waals surface area contributed by atoms with Crippen LogP contribution < -0.4 is 5.56 Å². The maximum atomic E-state index is 12.5. The van der Waals surface area contributed by atoms with Crippen LogP contribution in [-0.2, 0) is 0 Å². The molecule has 6 heteroatoms. The predicted molar refractivity (Wildman–Crippen MR) is 93.5 cm³/mol. The molecule has 1 aromatic carbocycles. The number of halogens is 1. The Morgan fingerprint density at radius 3 is 2.54 bits per heavy atom. The van der Waals surface area contributed by atoms with Crippen LogP contribution >= 0.6 is 11.6 Å². The summed E-state index contributed by atoms with van der Waals surface area (Å²) in [6.45, 7) is 1.66. The second-order valence-corrected chi connectivity index (χ2v) is 5.70.